The molecular weight excluding hydrogens is 202 g/mol. The number of hydrazine groups is 1. The van der Waals surface area contributed by atoms with Gasteiger partial charge in [-0.15, -0.1) is 6.58 Å². The molecule has 0 heterocycles. The second kappa shape index (κ2) is 8.76. The van der Waals surface area contributed by atoms with Crippen molar-refractivity contribution in [3.63, 3.8) is 0 Å². The molecule has 0 radical (unpaired) electrons. The smallest absolute Gasteiger partial charge is 0.261 e. The number of hydrogen-bond donors (Lipinski definition) is 2. The van der Waals surface area contributed by atoms with Crippen LogP contribution in [-0.2, 0) is 4.74 Å². The van der Waals surface area contributed by atoms with Crippen molar-refractivity contribution in [1.82, 2.24) is 5.43 Å². The van der Waals surface area contributed by atoms with Gasteiger partial charge in [0.05, 0.1) is 0 Å². The Hall–Kier alpha value is -0.520. The Kier molecular flexibility index (Phi) is 8.46. The largest absolute Gasteiger partial charge is 0.375 e. The van der Waals surface area contributed by atoms with Gasteiger partial charge in [0.15, 0.2) is 0 Å². The van der Waals surface area contributed by atoms with Gasteiger partial charge in [-0.25, -0.2) is 8.78 Å². The molecular formula is C10H20F2N2O. The maximum atomic E-state index is 11.7. The summed E-state index contributed by atoms with van der Waals surface area (Å²) in [5, 5.41) is 0. The number of rotatable bonds is 9. The molecule has 0 aromatic carbocycles. The van der Waals surface area contributed by atoms with Crippen LogP contribution in [-0.4, -0.2) is 25.7 Å². The van der Waals surface area contributed by atoms with Crippen molar-refractivity contribution in [3.05, 3.63) is 12.2 Å². The summed E-state index contributed by atoms with van der Waals surface area (Å²) in [6.07, 6.45) is -0.0333. The average molecular weight is 222 g/mol. The number of allylic oxidation sites excluding steroid dienone is 1. The molecule has 5 heteroatoms. The lowest BCUT2D eigenvalue weighted by atomic mass is 10.1. The lowest BCUT2D eigenvalue weighted by molar-refractivity contribution is 0.0142. The van der Waals surface area contributed by atoms with Gasteiger partial charge in [-0.1, -0.05) is 5.57 Å². The fraction of sp³-hybridized carbons (Fsp3) is 0.800. The Balaban J connectivity index is 3.48. The quantitative estimate of drug-likeness (QED) is 0.271. The molecule has 1 unspecified atom stereocenters. The first kappa shape index (κ1) is 14.5. The minimum absolute atomic E-state index is 0.0966. The number of nitrogens with one attached hydrogen (secondary N) is 1. The highest BCUT2D eigenvalue weighted by atomic mass is 19.3. The molecule has 0 aliphatic carbocycles. The van der Waals surface area contributed by atoms with Crippen molar-refractivity contribution >= 4 is 0 Å². The van der Waals surface area contributed by atoms with Crippen molar-refractivity contribution < 1.29 is 13.5 Å². The van der Waals surface area contributed by atoms with E-state index < -0.39 is 13.0 Å². The predicted octanol–water partition coefficient (Wildman–Crippen LogP) is 1.85. The SMILES string of the molecule is C=C(C)CCC(CCOCC(F)F)NN. The third-order valence-corrected chi connectivity index (χ3v) is 2.01. The van der Waals surface area contributed by atoms with Gasteiger partial charge in [-0.2, -0.15) is 0 Å². The van der Waals surface area contributed by atoms with Gasteiger partial charge in [0.1, 0.15) is 6.61 Å². The zero-order valence-corrected chi connectivity index (χ0v) is 9.14. The second-order valence-corrected chi connectivity index (χ2v) is 3.61. The number of nitrogens with two attached hydrogens (primary N) is 1. The van der Waals surface area contributed by atoms with E-state index >= 15 is 0 Å². The maximum Gasteiger partial charge on any atom is 0.261 e. The van der Waals surface area contributed by atoms with Crippen LogP contribution >= 0.6 is 0 Å². The maximum absolute atomic E-state index is 11.7. The highest BCUT2D eigenvalue weighted by molar-refractivity contribution is 4.88. The summed E-state index contributed by atoms with van der Waals surface area (Å²) < 4.78 is 28.2. The van der Waals surface area contributed by atoms with Crippen molar-refractivity contribution in [3.8, 4) is 0 Å². The molecule has 0 bridgehead atoms. The average Bonchev–Trinajstić information content (AvgIpc) is 2.16. The van der Waals surface area contributed by atoms with Gasteiger partial charge in [0.25, 0.3) is 6.43 Å². The van der Waals surface area contributed by atoms with E-state index in [-0.39, 0.29) is 6.04 Å². The van der Waals surface area contributed by atoms with Gasteiger partial charge in [-0.3, -0.25) is 11.3 Å². The first-order valence-corrected chi connectivity index (χ1v) is 5.02. The van der Waals surface area contributed by atoms with Gasteiger partial charge in [-0.05, 0) is 26.2 Å². The minimum atomic E-state index is -2.40. The van der Waals surface area contributed by atoms with Crippen LogP contribution < -0.4 is 11.3 Å². The normalized spacial score (nSPS) is 13.1. The first-order valence-electron chi connectivity index (χ1n) is 5.02. The van der Waals surface area contributed by atoms with E-state index in [0.717, 1.165) is 18.4 Å². The molecule has 3 nitrogen and oxygen atoms in total. The van der Waals surface area contributed by atoms with Gasteiger partial charge < -0.3 is 4.74 Å². The van der Waals surface area contributed by atoms with Crippen LogP contribution in [0.1, 0.15) is 26.2 Å². The standard InChI is InChI=1S/C10H20F2N2O/c1-8(2)3-4-9(14-13)5-6-15-7-10(11)12/h9-10,14H,1,3-7,13H2,2H3. The van der Waals surface area contributed by atoms with Gasteiger partial charge >= 0.3 is 0 Å². The van der Waals surface area contributed by atoms with Crippen LogP contribution in [0.25, 0.3) is 0 Å². The molecule has 0 aliphatic heterocycles. The molecule has 90 valence electrons. The van der Waals surface area contributed by atoms with E-state index in [1.165, 1.54) is 0 Å². The van der Waals surface area contributed by atoms with E-state index in [9.17, 15) is 8.78 Å². The number of ether oxygens (including phenoxy) is 1. The Morgan fingerprint density at radius 2 is 2.13 bits per heavy atom. The van der Waals surface area contributed by atoms with Crippen LogP contribution in [0.15, 0.2) is 12.2 Å². The highest BCUT2D eigenvalue weighted by Gasteiger charge is 2.07. The summed E-state index contributed by atoms with van der Waals surface area (Å²) in [4.78, 5) is 0. The van der Waals surface area contributed by atoms with Crippen molar-refractivity contribution in [2.75, 3.05) is 13.2 Å². The molecule has 1 atom stereocenters. The highest BCUT2D eigenvalue weighted by Crippen LogP contribution is 2.07. The molecule has 15 heavy (non-hydrogen) atoms. The van der Waals surface area contributed by atoms with Gasteiger partial charge in [0.2, 0.25) is 0 Å². The minimum Gasteiger partial charge on any atom is -0.375 e. The Bertz CT molecular complexity index is 177. The topological polar surface area (TPSA) is 47.3 Å². The van der Waals surface area contributed by atoms with Crippen molar-refractivity contribution in [2.24, 2.45) is 5.84 Å². The molecule has 0 fully saturated rings. The Labute approximate surface area is 89.6 Å². The predicted molar refractivity (Wildman–Crippen MR) is 56.6 cm³/mol. The van der Waals surface area contributed by atoms with Crippen LogP contribution in [0.5, 0.6) is 0 Å². The number of alkyl halides is 2. The molecule has 0 saturated heterocycles. The lowest BCUT2D eigenvalue weighted by Crippen LogP contribution is -2.36. The second-order valence-electron chi connectivity index (χ2n) is 3.61. The zero-order chi connectivity index (χ0) is 11.7. The first-order chi connectivity index (χ1) is 7.06. The van der Waals surface area contributed by atoms with Crippen LogP contribution in [0.4, 0.5) is 8.78 Å². The summed E-state index contributed by atoms with van der Waals surface area (Å²) in [5.41, 5.74) is 3.72. The zero-order valence-electron chi connectivity index (χ0n) is 9.14. The van der Waals surface area contributed by atoms with Crippen molar-refractivity contribution in [2.45, 2.75) is 38.7 Å². The Morgan fingerprint density at radius 1 is 1.47 bits per heavy atom. The van der Waals surface area contributed by atoms with Crippen LogP contribution in [0, 0.1) is 0 Å². The number of halogens is 2. The molecule has 0 aliphatic rings. The lowest BCUT2D eigenvalue weighted by Gasteiger charge is -2.15. The molecule has 0 saturated carbocycles. The molecule has 3 N–H and O–H groups in total. The molecule has 0 spiro atoms. The van der Waals surface area contributed by atoms with E-state index in [4.69, 9.17) is 10.6 Å². The molecule has 0 aromatic rings. The van der Waals surface area contributed by atoms with E-state index in [2.05, 4.69) is 12.0 Å². The molecule has 0 rings (SSSR count). The molecule has 0 aromatic heterocycles. The fourth-order valence-electron chi connectivity index (χ4n) is 1.13. The summed E-state index contributed by atoms with van der Waals surface area (Å²) in [5.74, 6) is 5.32. The fourth-order valence-corrected chi connectivity index (χ4v) is 1.13. The third kappa shape index (κ3) is 9.78. The summed E-state index contributed by atoms with van der Waals surface area (Å²) in [7, 11) is 0. The van der Waals surface area contributed by atoms with Crippen molar-refractivity contribution in [1.29, 1.82) is 0 Å². The third-order valence-electron chi connectivity index (χ3n) is 2.01. The monoisotopic (exact) mass is 222 g/mol. The van der Waals surface area contributed by atoms with E-state index in [1.807, 2.05) is 6.92 Å². The summed E-state index contributed by atoms with van der Waals surface area (Å²) in [6.45, 7) is 5.53. The number of hydrogen-bond acceptors (Lipinski definition) is 3. The summed E-state index contributed by atoms with van der Waals surface area (Å²) >= 11 is 0. The molecule has 0 amide bonds. The van der Waals surface area contributed by atoms with E-state index in [0.29, 0.717) is 13.0 Å². The Morgan fingerprint density at radius 3 is 2.60 bits per heavy atom. The van der Waals surface area contributed by atoms with Crippen LogP contribution in [0.2, 0.25) is 0 Å². The van der Waals surface area contributed by atoms with E-state index in [1.54, 1.807) is 0 Å². The van der Waals surface area contributed by atoms with Gasteiger partial charge in [0, 0.05) is 12.6 Å². The summed E-state index contributed by atoms with van der Waals surface area (Å²) in [6, 6.07) is 0.0966. The van der Waals surface area contributed by atoms with Crippen LogP contribution in [0.3, 0.4) is 0 Å².